The quantitative estimate of drug-likeness (QED) is 0.700. The van der Waals surface area contributed by atoms with E-state index in [0.29, 0.717) is 0 Å². The molecule has 106 valence electrons. The van der Waals surface area contributed by atoms with Crippen molar-refractivity contribution >= 4 is 0 Å². The Morgan fingerprint density at radius 2 is 1.67 bits per heavy atom. The minimum Gasteiger partial charge on any atom is -0.385 e. The molecule has 1 saturated heterocycles. The highest BCUT2D eigenvalue weighted by Crippen LogP contribution is 2.27. The molecule has 2 rings (SSSR count). The monoisotopic (exact) mass is 254 g/mol. The highest BCUT2D eigenvalue weighted by atomic mass is 16.5. The highest BCUT2D eigenvalue weighted by molar-refractivity contribution is 4.82. The molecule has 0 aromatic heterocycles. The maximum Gasteiger partial charge on any atom is 0.0474 e. The van der Waals surface area contributed by atoms with Crippen LogP contribution in [0.4, 0.5) is 0 Å². The number of piperazine rings is 1. The molecule has 0 N–H and O–H groups in total. The Bertz CT molecular complexity index is 219. The Balaban J connectivity index is 1.63. The fourth-order valence-corrected chi connectivity index (χ4v) is 3.39. The first kappa shape index (κ1) is 14.3. The summed E-state index contributed by atoms with van der Waals surface area (Å²) >= 11 is 0. The van der Waals surface area contributed by atoms with Crippen LogP contribution in [-0.4, -0.2) is 62.3 Å². The second-order valence-corrected chi connectivity index (χ2v) is 6.14. The molecule has 0 radical (unpaired) electrons. The zero-order valence-electron chi connectivity index (χ0n) is 12.2. The van der Waals surface area contributed by atoms with Crippen molar-refractivity contribution in [3.05, 3.63) is 0 Å². The van der Waals surface area contributed by atoms with E-state index in [1.807, 2.05) is 0 Å². The van der Waals surface area contributed by atoms with Crippen molar-refractivity contribution in [2.45, 2.75) is 45.1 Å². The summed E-state index contributed by atoms with van der Waals surface area (Å²) in [6.07, 6.45) is 6.94. The molecule has 0 aromatic rings. The summed E-state index contributed by atoms with van der Waals surface area (Å²) in [7, 11) is 1.79. The predicted molar refractivity (Wildman–Crippen MR) is 75.9 cm³/mol. The summed E-state index contributed by atoms with van der Waals surface area (Å²) in [6, 6.07) is 0.891. The molecule has 2 aliphatic rings. The van der Waals surface area contributed by atoms with E-state index in [2.05, 4.69) is 16.7 Å². The van der Waals surface area contributed by atoms with Gasteiger partial charge in [-0.3, -0.25) is 4.90 Å². The molecule has 3 heteroatoms. The Morgan fingerprint density at radius 3 is 2.28 bits per heavy atom. The van der Waals surface area contributed by atoms with Gasteiger partial charge in [0.1, 0.15) is 0 Å². The number of rotatable bonds is 5. The number of hydrogen-bond donors (Lipinski definition) is 0. The van der Waals surface area contributed by atoms with Gasteiger partial charge in [0.25, 0.3) is 0 Å². The lowest BCUT2D eigenvalue weighted by molar-refractivity contribution is 0.0673. The first-order valence-electron chi connectivity index (χ1n) is 7.75. The maximum absolute atomic E-state index is 5.12. The van der Waals surface area contributed by atoms with E-state index in [1.165, 1.54) is 64.8 Å². The van der Waals surface area contributed by atoms with Crippen molar-refractivity contribution in [2.75, 3.05) is 46.4 Å². The van der Waals surface area contributed by atoms with Crippen LogP contribution in [0.1, 0.15) is 39.0 Å². The molecule has 18 heavy (non-hydrogen) atoms. The Hall–Kier alpha value is -0.120. The van der Waals surface area contributed by atoms with Crippen LogP contribution in [0.5, 0.6) is 0 Å². The average Bonchev–Trinajstić information content (AvgIpc) is 2.41. The van der Waals surface area contributed by atoms with Gasteiger partial charge < -0.3 is 9.64 Å². The van der Waals surface area contributed by atoms with Gasteiger partial charge in [-0.05, 0) is 38.0 Å². The van der Waals surface area contributed by atoms with Crippen LogP contribution in [0.3, 0.4) is 0 Å². The summed E-state index contributed by atoms with van der Waals surface area (Å²) in [4.78, 5) is 5.35. The standard InChI is InChI=1S/C15H30N2O/c1-14-4-6-15(7-5-14)17-11-9-16(10-12-17)8-3-13-18-2/h14-15H,3-13H2,1-2H3. The van der Waals surface area contributed by atoms with Crippen LogP contribution in [0.2, 0.25) is 0 Å². The molecule has 1 heterocycles. The minimum atomic E-state index is 0.891. The van der Waals surface area contributed by atoms with Gasteiger partial charge in [-0.15, -0.1) is 0 Å². The first-order valence-corrected chi connectivity index (χ1v) is 7.75. The minimum absolute atomic E-state index is 0.891. The van der Waals surface area contributed by atoms with Crippen molar-refractivity contribution in [3.63, 3.8) is 0 Å². The van der Waals surface area contributed by atoms with Gasteiger partial charge in [-0.2, -0.15) is 0 Å². The van der Waals surface area contributed by atoms with E-state index in [0.717, 1.165) is 18.6 Å². The molecular formula is C15H30N2O. The number of nitrogens with zero attached hydrogens (tertiary/aromatic N) is 2. The molecule has 2 fully saturated rings. The third kappa shape index (κ3) is 4.22. The number of hydrogen-bond acceptors (Lipinski definition) is 3. The van der Waals surface area contributed by atoms with Crippen molar-refractivity contribution in [1.82, 2.24) is 9.80 Å². The smallest absolute Gasteiger partial charge is 0.0474 e. The molecule has 0 atom stereocenters. The van der Waals surface area contributed by atoms with Crippen LogP contribution < -0.4 is 0 Å². The lowest BCUT2D eigenvalue weighted by atomic mass is 9.86. The molecule has 1 saturated carbocycles. The van der Waals surface area contributed by atoms with Gasteiger partial charge in [0.15, 0.2) is 0 Å². The fourth-order valence-electron chi connectivity index (χ4n) is 3.39. The van der Waals surface area contributed by atoms with Gasteiger partial charge in [0.2, 0.25) is 0 Å². The molecule has 1 aliphatic carbocycles. The molecule has 0 unspecified atom stereocenters. The zero-order valence-corrected chi connectivity index (χ0v) is 12.2. The summed E-state index contributed by atoms with van der Waals surface area (Å²) < 4.78 is 5.12. The Kier molecular flexibility index (Phi) is 5.93. The van der Waals surface area contributed by atoms with Gasteiger partial charge in [0.05, 0.1) is 0 Å². The van der Waals surface area contributed by atoms with E-state index in [1.54, 1.807) is 7.11 Å². The van der Waals surface area contributed by atoms with Gasteiger partial charge in [-0.1, -0.05) is 6.92 Å². The molecule has 3 nitrogen and oxygen atoms in total. The Labute approximate surface area is 112 Å². The topological polar surface area (TPSA) is 15.7 Å². The third-order valence-corrected chi connectivity index (χ3v) is 4.73. The molecule has 0 aromatic carbocycles. The SMILES string of the molecule is COCCCN1CCN(C2CCC(C)CC2)CC1. The van der Waals surface area contributed by atoms with Gasteiger partial charge >= 0.3 is 0 Å². The van der Waals surface area contributed by atoms with E-state index >= 15 is 0 Å². The lowest BCUT2D eigenvalue weighted by Crippen LogP contribution is -2.51. The van der Waals surface area contributed by atoms with Crippen LogP contribution in [-0.2, 0) is 4.74 Å². The lowest BCUT2D eigenvalue weighted by Gasteiger charge is -2.41. The summed E-state index contributed by atoms with van der Waals surface area (Å²) in [5.41, 5.74) is 0. The summed E-state index contributed by atoms with van der Waals surface area (Å²) in [5, 5.41) is 0. The molecular weight excluding hydrogens is 224 g/mol. The van der Waals surface area contributed by atoms with E-state index in [4.69, 9.17) is 4.74 Å². The molecule has 0 spiro atoms. The second kappa shape index (κ2) is 7.46. The van der Waals surface area contributed by atoms with Crippen LogP contribution in [0.25, 0.3) is 0 Å². The van der Waals surface area contributed by atoms with Gasteiger partial charge in [0, 0.05) is 52.5 Å². The highest BCUT2D eigenvalue weighted by Gasteiger charge is 2.26. The second-order valence-electron chi connectivity index (χ2n) is 6.14. The van der Waals surface area contributed by atoms with Gasteiger partial charge in [-0.25, -0.2) is 0 Å². The van der Waals surface area contributed by atoms with E-state index < -0.39 is 0 Å². The van der Waals surface area contributed by atoms with Crippen molar-refractivity contribution in [3.8, 4) is 0 Å². The number of ether oxygens (including phenoxy) is 1. The van der Waals surface area contributed by atoms with E-state index in [-0.39, 0.29) is 0 Å². The maximum atomic E-state index is 5.12. The summed E-state index contributed by atoms with van der Waals surface area (Å²) in [5.74, 6) is 0.969. The molecule has 0 amide bonds. The zero-order chi connectivity index (χ0) is 12.8. The molecule has 0 bridgehead atoms. The third-order valence-electron chi connectivity index (χ3n) is 4.73. The van der Waals surface area contributed by atoms with Crippen LogP contribution in [0.15, 0.2) is 0 Å². The first-order chi connectivity index (χ1) is 8.79. The number of methoxy groups -OCH3 is 1. The van der Waals surface area contributed by atoms with Crippen molar-refractivity contribution in [2.24, 2.45) is 5.92 Å². The predicted octanol–water partition coefficient (Wildman–Crippen LogP) is 2.22. The Morgan fingerprint density at radius 1 is 1.00 bits per heavy atom. The van der Waals surface area contributed by atoms with Crippen LogP contribution >= 0.6 is 0 Å². The summed E-state index contributed by atoms with van der Waals surface area (Å²) in [6.45, 7) is 9.61. The molecule has 1 aliphatic heterocycles. The average molecular weight is 254 g/mol. The largest absolute Gasteiger partial charge is 0.385 e. The van der Waals surface area contributed by atoms with E-state index in [9.17, 15) is 0 Å². The van der Waals surface area contributed by atoms with Crippen molar-refractivity contribution in [1.29, 1.82) is 0 Å². The van der Waals surface area contributed by atoms with Crippen molar-refractivity contribution < 1.29 is 4.74 Å². The van der Waals surface area contributed by atoms with Crippen LogP contribution in [0, 0.1) is 5.92 Å². The normalized spacial score (nSPS) is 31.7. The fraction of sp³-hybridized carbons (Fsp3) is 1.00.